The lowest BCUT2D eigenvalue weighted by atomic mass is 10.0. The van der Waals surface area contributed by atoms with E-state index < -0.39 is 16.8 Å². The van der Waals surface area contributed by atoms with Crippen LogP contribution in [-0.4, -0.2) is 216 Å². The van der Waals surface area contributed by atoms with Crippen LogP contribution in [0.3, 0.4) is 0 Å². The highest BCUT2D eigenvalue weighted by Crippen LogP contribution is 2.13. The standard InChI is InChI=1S/C23H49N3O2.C20H41N3O2.C19H45N7O2/c1-8-15-25(16-9-2)18-19-26(17-10-3)20-21(4)13-11-12-14-24-22(27)28-23(5,6)7;1-7-14-23(15-8-2)16-13-21-17-18(3)11-9-10-12-22-19(24)25-20(4,5)6;1-19(2,3)28-18(27)24-10-5-4-6-17(23)16-26(13-9-22)15-14-25(11-7-20)12-8-21/h21H,8-20H2,1-7H3,(H,24,27);17-18H,7-16H2,1-6H3,(H,22,24);17H,4-16,20-23H2,1-3H3,(H,24,27). The van der Waals surface area contributed by atoms with Gasteiger partial charge in [-0.3, -0.25) is 14.8 Å². The summed E-state index contributed by atoms with van der Waals surface area (Å²) in [5.74, 6) is 1.19. The van der Waals surface area contributed by atoms with E-state index in [1.807, 2.05) is 62.3 Å². The maximum atomic E-state index is 11.6. The summed E-state index contributed by atoms with van der Waals surface area (Å²) in [4.78, 5) is 51.7. The van der Waals surface area contributed by atoms with Gasteiger partial charge in [-0.15, -0.1) is 0 Å². The number of alkyl carbamates (subject to hydrolysis) is 3. The molecule has 0 aromatic heterocycles. The molecule has 19 heteroatoms. The first-order valence-electron chi connectivity index (χ1n) is 32.1. The quantitative estimate of drug-likeness (QED) is 0.0171. The lowest BCUT2D eigenvalue weighted by Gasteiger charge is -2.29. The molecule has 0 bridgehead atoms. The molecule has 0 radical (unpaired) electrons. The lowest BCUT2D eigenvalue weighted by Crippen LogP contribution is -2.45. The zero-order valence-electron chi connectivity index (χ0n) is 55.7. The normalized spacial score (nSPS) is 13.2. The number of nitrogens with two attached hydrogens (primary N) is 4. The van der Waals surface area contributed by atoms with Gasteiger partial charge in [-0.05, 0) is 178 Å². The van der Waals surface area contributed by atoms with Crippen LogP contribution in [-0.2, 0) is 14.2 Å². The Morgan fingerprint density at radius 3 is 1.15 bits per heavy atom. The fraction of sp³-hybridized carbons (Fsp3) is 0.935. The molecule has 0 aliphatic heterocycles. The molecule has 3 amide bonds. The molecule has 11 N–H and O–H groups in total. The van der Waals surface area contributed by atoms with Crippen molar-refractivity contribution < 1.29 is 28.6 Å². The van der Waals surface area contributed by atoms with Gasteiger partial charge in [0.15, 0.2) is 0 Å². The van der Waals surface area contributed by atoms with E-state index in [2.05, 4.69) is 100 Å². The molecule has 0 spiro atoms. The van der Waals surface area contributed by atoms with Crippen LogP contribution in [0.25, 0.3) is 0 Å². The predicted octanol–water partition coefficient (Wildman–Crippen LogP) is 9.15. The van der Waals surface area contributed by atoms with Gasteiger partial charge in [0.25, 0.3) is 0 Å². The Bertz CT molecular complexity index is 1390. The molecule has 0 aliphatic rings. The SMILES string of the molecule is CC(C)(C)OC(=O)NCCCCC(N)CN(CCN)CCN(CCN)CCN.CCCN(CCC)CCN(CCC)CC(C)CCCCNC(=O)OC(C)(C)C.CCCN(CCC)CCN=CC(C)CCCCNC(=O)OC(C)(C)C. The molecule has 19 nitrogen and oxygen atoms in total. The molecule has 3 atom stereocenters. The highest BCUT2D eigenvalue weighted by molar-refractivity contribution is 5.68. The van der Waals surface area contributed by atoms with Gasteiger partial charge in [0.2, 0.25) is 0 Å². The van der Waals surface area contributed by atoms with Crippen molar-refractivity contribution in [1.82, 2.24) is 40.4 Å². The topological polar surface area (TPSA) is 248 Å². The Morgan fingerprint density at radius 2 is 0.765 bits per heavy atom. The first-order chi connectivity index (χ1) is 38.2. The smallest absolute Gasteiger partial charge is 0.407 e. The molecular weight excluding hydrogens is 1020 g/mol. The van der Waals surface area contributed by atoms with Crippen LogP contribution in [0.1, 0.15) is 201 Å². The summed E-state index contributed by atoms with van der Waals surface area (Å²) in [6.07, 6.45) is 16.5. The predicted molar refractivity (Wildman–Crippen MR) is 345 cm³/mol. The van der Waals surface area contributed by atoms with E-state index in [-0.39, 0.29) is 24.3 Å². The van der Waals surface area contributed by atoms with Crippen molar-refractivity contribution in [3.63, 3.8) is 0 Å². The molecule has 0 fully saturated rings. The number of carbonyl (C=O) groups is 3. The number of nitrogens with one attached hydrogen (secondary N) is 3. The number of hydrogen-bond acceptors (Lipinski definition) is 16. The van der Waals surface area contributed by atoms with Crippen LogP contribution in [0.4, 0.5) is 14.4 Å². The third-order valence-corrected chi connectivity index (χ3v) is 12.7. The summed E-state index contributed by atoms with van der Waals surface area (Å²) in [5, 5.41) is 8.43. The van der Waals surface area contributed by atoms with E-state index in [4.69, 9.17) is 37.1 Å². The highest BCUT2D eigenvalue weighted by atomic mass is 16.6. The van der Waals surface area contributed by atoms with Crippen molar-refractivity contribution >= 4 is 24.5 Å². The highest BCUT2D eigenvalue weighted by Gasteiger charge is 2.19. The number of unbranched alkanes of at least 4 members (excludes halogenated alkanes) is 3. The van der Waals surface area contributed by atoms with Gasteiger partial charge in [0.1, 0.15) is 16.8 Å². The van der Waals surface area contributed by atoms with Crippen LogP contribution in [0.2, 0.25) is 0 Å². The summed E-state index contributed by atoms with van der Waals surface area (Å²) in [5.41, 5.74) is 22.1. The van der Waals surface area contributed by atoms with Crippen molar-refractivity contribution in [3.05, 3.63) is 0 Å². The van der Waals surface area contributed by atoms with Crippen LogP contribution in [0.5, 0.6) is 0 Å². The van der Waals surface area contributed by atoms with Gasteiger partial charge in [0, 0.05) is 117 Å². The maximum Gasteiger partial charge on any atom is 0.407 e. The first-order valence-corrected chi connectivity index (χ1v) is 32.1. The number of amides is 3. The summed E-state index contributed by atoms with van der Waals surface area (Å²) in [6, 6.07) is 0.0885. The molecule has 0 saturated carbocycles. The van der Waals surface area contributed by atoms with Gasteiger partial charge < -0.3 is 67.8 Å². The van der Waals surface area contributed by atoms with Crippen molar-refractivity contribution in [1.29, 1.82) is 0 Å². The summed E-state index contributed by atoms with van der Waals surface area (Å²) in [6.45, 7) is 53.2. The second-order valence-electron chi connectivity index (χ2n) is 25.2. The number of aliphatic imine (C=N–C) groups is 1. The molecule has 484 valence electrons. The summed E-state index contributed by atoms with van der Waals surface area (Å²) >= 11 is 0. The van der Waals surface area contributed by atoms with Crippen molar-refractivity contribution in [2.45, 2.75) is 224 Å². The lowest BCUT2D eigenvalue weighted by molar-refractivity contribution is 0.0515. The second kappa shape index (κ2) is 52.7. The van der Waals surface area contributed by atoms with Crippen LogP contribution in [0, 0.1) is 11.8 Å². The Morgan fingerprint density at radius 1 is 0.444 bits per heavy atom. The van der Waals surface area contributed by atoms with E-state index >= 15 is 0 Å². The van der Waals surface area contributed by atoms with Crippen LogP contribution < -0.4 is 38.9 Å². The molecule has 0 aromatic rings. The van der Waals surface area contributed by atoms with Gasteiger partial charge in [0.05, 0.1) is 6.54 Å². The minimum Gasteiger partial charge on any atom is -0.444 e. The van der Waals surface area contributed by atoms with Crippen LogP contribution >= 0.6 is 0 Å². The second-order valence-corrected chi connectivity index (χ2v) is 25.2. The van der Waals surface area contributed by atoms with Gasteiger partial charge in [-0.1, -0.05) is 67.7 Å². The number of carbonyl (C=O) groups excluding carboxylic acids is 3. The van der Waals surface area contributed by atoms with Gasteiger partial charge in [-0.25, -0.2) is 14.4 Å². The van der Waals surface area contributed by atoms with E-state index in [1.165, 1.54) is 90.9 Å². The van der Waals surface area contributed by atoms with Crippen molar-refractivity contribution in [2.75, 3.05) is 144 Å². The molecule has 0 saturated heterocycles. The van der Waals surface area contributed by atoms with E-state index in [9.17, 15) is 14.4 Å². The molecule has 3 unspecified atom stereocenters. The Kier molecular flexibility index (Phi) is 53.5. The fourth-order valence-corrected chi connectivity index (χ4v) is 9.03. The van der Waals surface area contributed by atoms with Gasteiger partial charge in [-0.2, -0.15) is 0 Å². The zero-order valence-corrected chi connectivity index (χ0v) is 55.7. The van der Waals surface area contributed by atoms with Crippen molar-refractivity contribution in [3.8, 4) is 0 Å². The average Bonchev–Trinajstić information content (AvgIpc) is 3.35. The molecule has 81 heavy (non-hydrogen) atoms. The average molecular weight is 1160 g/mol. The molecule has 0 rings (SSSR count). The fourth-order valence-electron chi connectivity index (χ4n) is 9.03. The first kappa shape index (κ1) is 82.3. The van der Waals surface area contributed by atoms with Crippen LogP contribution in [0.15, 0.2) is 4.99 Å². The third-order valence-electron chi connectivity index (χ3n) is 12.7. The number of ether oxygens (including phenoxy) is 3. The summed E-state index contributed by atoms with van der Waals surface area (Å²) < 4.78 is 15.7. The minimum absolute atomic E-state index is 0.0885. The minimum atomic E-state index is -0.469. The largest absolute Gasteiger partial charge is 0.444 e. The Hall–Kier alpha value is -2.88. The zero-order chi connectivity index (χ0) is 62.0. The van der Waals surface area contributed by atoms with E-state index in [1.54, 1.807) is 0 Å². The maximum absolute atomic E-state index is 11.6. The third kappa shape index (κ3) is 60.1. The molecule has 0 heterocycles. The molecule has 0 aliphatic carbocycles. The molecule has 0 aromatic carbocycles. The van der Waals surface area contributed by atoms with E-state index in [0.29, 0.717) is 51.1 Å². The number of rotatable bonds is 45. The molecular formula is C62H135N13O6. The van der Waals surface area contributed by atoms with Crippen molar-refractivity contribution in [2.24, 2.45) is 39.8 Å². The Labute approximate surface area is 499 Å². The monoisotopic (exact) mass is 1160 g/mol. The Balaban J connectivity index is -0.00000113. The van der Waals surface area contributed by atoms with Gasteiger partial charge >= 0.3 is 18.3 Å². The van der Waals surface area contributed by atoms with E-state index in [0.717, 1.165) is 104 Å². The number of nitrogens with zero attached hydrogens (tertiary/aromatic N) is 6. The number of hydrogen-bond donors (Lipinski definition) is 7. The summed E-state index contributed by atoms with van der Waals surface area (Å²) in [7, 11) is 0.